The molecule has 1 aromatic heterocycles. The molecule has 16 heavy (non-hydrogen) atoms. The first-order valence-electron chi connectivity index (χ1n) is 6.02. The lowest BCUT2D eigenvalue weighted by Crippen LogP contribution is -2.40. The Hall–Kier alpha value is -0.840. The number of nitrogens with zero attached hydrogens (tertiary/aromatic N) is 3. The molecule has 5 heteroatoms. The van der Waals surface area contributed by atoms with Crippen molar-refractivity contribution >= 4 is 18.2 Å². The van der Waals surface area contributed by atoms with Crippen molar-refractivity contribution in [1.29, 1.82) is 0 Å². The summed E-state index contributed by atoms with van der Waals surface area (Å²) in [7, 11) is 0. The Bertz CT molecular complexity index is 398. The maximum absolute atomic E-state index is 5.22. The summed E-state index contributed by atoms with van der Waals surface area (Å²) in [5.74, 6) is 2.48. The van der Waals surface area contributed by atoms with Crippen LogP contribution < -0.4 is 4.90 Å². The van der Waals surface area contributed by atoms with Crippen molar-refractivity contribution in [1.82, 2.24) is 14.8 Å². The zero-order valence-electron chi connectivity index (χ0n) is 10.2. The Kier molecular flexibility index (Phi) is 3.33. The van der Waals surface area contributed by atoms with Gasteiger partial charge in [-0.2, -0.15) is 0 Å². The first-order chi connectivity index (χ1) is 7.61. The van der Waals surface area contributed by atoms with Crippen molar-refractivity contribution < 1.29 is 0 Å². The van der Waals surface area contributed by atoms with Gasteiger partial charge in [-0.15, -0.1) is 5.10 Å². The van der Waals surface area contributed by atoms with Crippen LogP contribution in [0.25, 0.3) is 0 Å². The number of piperidine rings is 1. The number of nitrogens with one attached hydrogen (secondary N) is 1. The molecule has 2 unspecified atom stereocenters. The van der Waals surface area contributed by atoms with Crippen LogP contribution in [-0.2, 0) is 6.54 Å². The van der Waals surface area contributed by atoms with E-state index in [4.69, 9.17) is 12.2 Å². The van der Waals surface area contributed by atoms with Gasteiger partial charge in [0.1, 0.15) is 0 Å². The molecule has 0 aliphatic carbocycles. The van der Waals surface area contributed by atoms with Gasteiger partial charge in [0, 0.05) is 19.6 Å². The molecule has 0 amide bonds. The lowest BCUT2D eigenvalue weighted by atomic mass is 9.92. The molecule has 0 spiro atoms. The highest BCUT2D eigenvalue weighted by atomic mass is 32.1. The molecule has 4 nitrogen and oxygen atoms in total. The van der Waals surface area contributed by atoms with Gasteiger partial charge in [0.05, 0.1) is 0 Å². The molecular weight excluding hydrogens is 220 g/mol. The zero-order valence-corrected chi connectivity index (χ0v) is 11.0. The Morgan fingerprint density at radius 2 is 2.00 bits per heavy atom. The third-order valence-electron chi connectivity index (χ3n) is 3.21. The molecule has 0 radical (unpaired) electrons. The van der Waals surface area contributed by atoms with Crippen LogP contribution >= 0.6 is 12.2 Å². The van der Waals surface area contributed by atoms with Gasteiger partial charge in [-0.1, -0.05) is 13.8 Å². The van der Waals surface area contributed by atoms with Crippen LogP contribution in [0.2, 0.25) is 0 Å². The average Bonchev–Trinajstić information content (AvgIpc) is 2.58. The van der Waals surface area contributed by atoms with Gasteiger partial charge < -0.3 is 4.90 Å². The van der Waals surface area contributed by atoms with Gasteiger partial charge in [0.15, 0.2) is 4.77 Å². The Balaban J connectivity index is 2.26. The van der Waals surface area contributed by atoms with Crippen LogP contribution in [0.3, 0.4) is 0 Å². The number of aromatic amines is 1. The van der Waals surface area contributed by atoms with Crippen molar-refractivity contribution in [3.8, 4) is 0 Å². The summed E-state index contributed by atoms with van der Waals surface area (Å²) < 4.78 is 2.79. The minimum atomic E-state index is 0.725. The maximum Gasteiger partial charge on any atom is 0.225 e. The van der Waals surface area contributed by atoms with E-state index in [-0.39, 0.29) is 0 Å². The SMILES string of the molecule is CCn1c(N2CC(C)CC(C)C2)n[nH]c1=S. The van der Waals surface area contributed by atoms with E-state index in [1.807, 2.05) is 0 Å². The van der Waals surface area contributed by atoms with E-state index in [1.165, 1.54) is 6.42 Å². The van der Waals surface area contributed by atoms with Crippen molar-refractivity contribution in [3.63, 3.8) is 0 Å². The summed E-state index contributed by atoms with van der Waals surface area (Å²) in [5.41, 5.74) is 0. The average molecular weight is 240 g/mol. The number of anilines is 1. The normalized spacial score (nSPS) is 26.1. The quantitative estimate of drug-likeness (QED) is 0.807. The summed E-state index contributed by atoms with van der Waals surface area (Å²) in [6, 6.07) is 0. The molecule has 0 bridgehead atoms. The van der Waals surface area contributed by atoms with Crippen molar-refractivity contribution in [2.24, 2.45) is 11.8 Å². The molecule has 2 rings (SSSR count). The molecular formula is C11H20N4S. The third kappa shape index (κ3) is 2.14. The highest BCUT2D eigenvalue weighted by molar-refractivity contribution is 7.71. The van der Waals surface area contributed by atoms with Crippen LogP contribution in [0.4, 0.5) is 5.95 Å². The summed E-state index contributed by atoms with van der Waals surface area (Å²) in [6.45, 7) is 9.77. The largest absolute Gasteiger partial charge is 0.340 e. The van der Waals surface area contributed by atoms with Gasteiger partial charge in [-0.25, -0.2) is 5.10 Å². The lowest BCUT2D eigenvalue weighted by Gasteiger charge is -2.35. The standard InChI is InChI=1S/C11H20N4S/c1-4-15-10(12-13-11(15)16)14-6-8(2)5-9(3)7-14/h8-9H,4-7H2,1-3H3,(H,13,16). The van der Waals surface area contributed by atoms with Crippen LogP contribution in [-0.4, -0.2) is 27.9 Å². The first-order valence-corrected chi connectivity index (χ1v) is 6.42. The van der Waals surface area contributed by atoms with E-state index < -0.39 is 0 Å². The molecule has 90 valence electrons. The molecule has 0 saturated carbocycles. The van der Waals surface area contributed by atoms with E-state index in [2.05, 4.69) is 40.4 Å². The molecule has 2 atom stereocenters. The van der Waals surface area contributed by atoms with E-state index >= 15 is 0 Å². The maximum atomic E-state index is 5.22. The summed E-state index contributed by atoms with van der Waals surface area (Å²) in [6.07, 6.45) is 1.31. The molecule has 1 N–H and O–H groups in total. The Morgan fingerprint density at radius 3 is 2.56 bits per heavy atom. The molecule has 2 heterocycles. The molecule has 1 saturated heterocycles. The second-order valence-electron chi connectivity index (χ2n) is 4.92. The van der Waals surface area contributed by atoms with Crippen LogP contribution in [0.1, 0.15) is 27.2 Å². The third-order valence-corrected chi connectivity index (χ3v) is 3.52. The van der Waals surface area contributed by atoms with E-state index in [9.17, 15) is 0 Å². The van der Waals surface area contributed by atoms with Crippen LogP contribution in [0.5, 0.6) is 0 Å². The van der Waals surface area contributed by atoms with E-state index in [0.29, 0.717) is 0 Å². The van der Waals surface area contributed by atoms with Gasteiger partial charge in [0.2, 0.25) is 5.95 Å². The van der Waals surface area contributed by atoms with Crippen molar-refractivity contribution in [2.75, 3.05) is 18.0 Å². The monoisotopic (exact) mass is 240 g/mol. The fourth-order valence-corrected chi connectivity index (χ4v) is 2.92. The predicted octanol–water partition coefficient (Wildman–Crippen LogP) is 2.44. The molecule has 1 aliphatic rings. The van der Waals surface area contributed by atoms with Gasteiger partial charge in [-0.3, -0.25) is 4.57 Å². The Labute approximate surface area is 102 Å². The van der Waals surface area contributed by atoms with Crippen LogP contribution in [0.15, 0.2) is 0 Å². The fourth-order valence-electron chi connectivity index (χ4n) is 2.66. The summed E-state index contributed by atoms with van der Waals surface area (Å²) in [5, 5.41) is 7.24. The number of hydrogen-bond donors (Lipinski definition) is 1. The van der Waals surface area contributed by atoms with E-state index in [1.54, 1.807) is 0 Å². The topological polar surface area (TPSA) is 36.9 Å². The zero-order chi connectivity index (χ0) is 11.7. The lowest BCUT2D eigenvalue weighted by molar-refractivity contribution is 0.351. The Morgan fingerprint density at radius 1 is 1.38 bits per heavy atom. The van der Waals surface area contributed by atoms with Gasteiger partial charge >= 0.3 is 0 Å². The minimum absolute atomic E-state index is 0.725. The number of hydrogen-bond acceptors (Lipinski definition) is 3. The summed E-state index contributed by atoms with van der Waals surface area (Å²) in [4.78, 5) is 2.36. The van der Waals surface area contributed by atoms with E-state index in [0.717, 1.165) is 42.2 Å². The summed E-state index contributed by atoms with van der Waals surface area (Å²) >= 11 is 5.22. The highest BCUT2D eigenvalue weighted by Gasteiger charge is 2.24. The number of rotatable bonds is 2. The fraction of sp³-hybridized carbons (Fsp3) is 0.818. The number of aromatic nitrogens is 3. The van der Waals surface area contributed by atoms with Gasteiger partial charge in [0.25, 0.3) is 0 Å². The second kappa shape index (κ2) is 4.57. The molecule has 1 aromatic rings. The minimum Gasteiger partial charge on any atom is -0.340 e. The molecule has 1 aliphatic heterocycles. The first kappa shape index (κ1) is 11.6. The number of H-pyrrole nitrogens is 1. The smallest absolute Gasteiger partial charge is 0.225 e. The van der Waals surface area contributed by atoms with Crippen molar-refractivity contribution in [2.45, 2.75) is 33.7 Å². The second-order valence-corrected chi connectivity index (χ2v) is 5.31. The molecule has 1 fully saturated rings. The van der Waals surface area contributed by atoms with Crippen molar-refractivity contribution in [3.05, 3.63) is 4.77 Å². The predicted molar refractivity (Wildman–Crippen MR) is 68.2 cm³/mol. The highest BCUT2D eigenvalue weighted by Crippen LogP contribution is 2.24. The van der Waals surface area contributed by atoms with Gasteiger partial charge in [-0.05, 0) is 37.4 Å². The van der Waals surface area contributed by atoms with Crippen LogP contribution in [0, 0.1) is 16.6 Å². The molecule has 0 aromatic carbocycles.